The molecule has 0 unspecified atom stereocenters. The first kappa shape index (κ1) is 21.8. The lowest BCUT2D eigenvalue weighted by molar-refractivity contribution is 0.0993. The van der Waals surface area contributed by atoms with Gasteiger partial charge in [0.2, 0.25) is 0 Å². The Bertz CT molecular complexity index is 1280. The number of amides is 2. The Morgan fingerprint density at radius 1 is 1.03 bits per heavy atom. The molecule has 0 saturated carbocycles. The van der Waals surface area contributed by atoms with Crippen LogP contribution in [0.5, 0.6) is 0 Å². The Labute approximate surface area is 194 Å². The van der Waals surface area contributed by atoms with E-state index in [-0.39, 0.29) is 17.6 Å². The molecule has 0 aliphatic heterocycles. The van der Waals surface area contributed by atoms with Crippen molar-refractivity contribution in [3.63, 3.8) is 0 Å². The van der Waals surface area contributed by atoms with Crippen LogP contribution in [0.1, 0.15) is 42.6 Å². The SMILES string of the molecule is Cc1ccc(C(=O)Nc2nc(C)c(Cc3ccccc3Cl)s2)cc1NC(=O)c1ccco1. The maximum atomic E-state index is 12.8. The molecule has 2 amide bonds. The molecule has 2 aromatic carbocycles. The highest BCUT2D eigenvalue weighted by Gasteiger charge is 2.16. The average molecular weight is 466 g/mol. The molecule has 2 N–H and O–H groups in total. The molecule has 0 spiro atoms. The first-order valence-electron chi connectivity index (χ1n) is 9.87. The quantitative estimate of drug-likeness (QED) is 0.360. The number of thiazole rings is 1. The third kappa shape index (κ3) is 4.90. The number of anilines is 2. The zero-order valence-electron chi connectivity index (χ0n) is 17.4. The fourth-order valence-electron chi connectivity index (χ4n) is 3.12. The number of benzene rings is 2. The van der Waals surface area contributed by atoms with Gasteiger partial charge in [-0.3, -0.25) is 14.9 Å². The molecule has 2 heterocycles. The first-order chi connectivity index (χ1) is 15.4. The predicted molar refractivity (Wildman–Crippen MR) is 127 cm³/mol. The van der Waals surface area contributed by atoms with E-state index in [2.05, 4.69) is 15.6 Å². The Balaban J connectivity index is 1.48. The Hall–Kier alpha value is -3.42. The zero-order chi connectivity index (χ0) is 22.7. The van der Waals surface area contributed by atoms with E-state index in [4.69, 9.17) is 16.0 Å². The molecule has 8 heteroatoms. The summed E-state index contributed by atoms with van der Waals surface area (Å²) in [6, 6.07) is 16.0. The summed E-state index contributed by atoms with van der Waals surface area (Å²) in [6.07, 6.45) is 2.08. The van der Waals surface area contributed by atoms with Gasteiger partial charge in [-0.25, -0.2) is 4.98 Å². The number of aryl methyl sites for hydroxylation is 2. The summed E-state index contributed by atoms with van der Waals surface area (Å²) in [4.78, 5) is 30.6. The van der Waals surface area contributed by atoms with Gasteiger partial charge in [0.1, 0.15) is 0 Å². The summed E-state index contributed by atoms with van der Waals surface area (Å²) in [5.74, 6) is -0.490. The van der Waals surface area contributed by atoms with Crippen molar-refractivity contribution >= 4 is 45.6 Å². The summed E-state index contributed by atoms with van der Waals surface area (Å²) in [7, 11) is 0. The van der Waals surface area contributed by atoms with Crippen LogP contribution in [0.4, 0.5) is 10.8 Å². The lowest BCUT2D eigenvalue weighted by Gasteiger charge is -2.09. The molecule has 0 bridgehead atoms. The Morgan fingerprint density at radius 2 is 1.84 bits per heavy atom. The van der Waals surface area contributed by atoms with Crippen molar-refractivity contribution in [3.8, 4) is 0 Å². The molecule has 0 fully saturated rings. The van der Waals surface area contributed by atoms with Crippen molar-refractivity contribution < 1.29 is 14.0 Å². The van der Waals surface area contributed by atoms with E-state index in [9.17, 15) is 9.59 Å². The number of hydrogen-bond donors (Lipinski definition) is 2. The molecule has 4 rings (SSSR count). The minimum absolute atomic E-state index is 0.198. The molecule has 32 heavy (non-hydrogen) atoms. The molecule has 4 aromatic rings. The largest absolute Gasteiger partial charge is 0.459 e. The van der Waals surface area contributed by atoms with Crippen molar-refractivity contribution in [2.45, 2.75) is 20.3 Å². The van der Waals surface area contributed by atoms with Crippen molar-refractivity contribution in [2.24, 2.45) is 0 Å². The van der Waals surface area contributed by atoms with Crippen LogP contribution in [0.3, 0.4) is 0 Å². The van der Waals surface area contributed by atoms with Crippen molar-refractivity contribution in [1.82, 2.24) is 4.98 Å². The minimum Gasteiger partial charge on any atom is -0.459 e. The molecule has 162 valence electrons. The van der Waals surface area contributed by atoms with E-state index in [1.165, 1.54) is 17.6 Å². The van der Waals surface area contributed by atoms with Crippen LogP contribution in [0.25, 0.3) is 0 Å². The number of carbonyl (C=O) groups excluding carboxylic acids is 2. The summed E-state index contributed by atoms with van der Waals surface area (Å²) in [6.45, 7) is 3.76. The molecule has 0 atom stereocenters. The van der Waals surface area contributed by atoms with Gasteiger partial charge in [-0.1, -0.05) is 35.9 Å². The number of aromatic nitrogens is 1. The standard InChI is InChI=1S/C24H20ClN3O3S/c1-14-9-10-17(12-19(14)27-23(30)20-8-5-11-31-20)22(29)28-24-26-15(2)21(32-24)13-16-6-3-4-7-18(16)25/h3-12H,13H2,1-2H3,(H,27,30)(H,26,28,29). The Kier molecular flexibility index (Phi) is 6.39. The van der Waals surface area contributed by atoms with E-state index in [0.717, 1.165) is 21.7 Å². The summed E-state index contributed by atoms with van der Waals surface area (Å²) >= 11 is 7.69. The number of rotatable bonds is 6. The molecule has 0 aliphatic carbocycles. The van der Waals surface area contributed by atoms with Crippen LogP contribution in [-0.4, -0.2) is 16.8 Å². The molecule has 2 aromatic heterocycles. The number of nitrogens with zero attached hydrogens (tertiary/aromatic N) is 1. The van der Waals surface area contributed by atoms with E-state index in [0.29, 0.717) is 27.8 Å². The van der Waals surface area contributed by atoms with Crippen molar-refractivity contribution in [2.75, 3.05) is 10.6 Å². The number of carbonyl (C=O) groups is 2. The molecular formula is C24H20ClN3O3S. The first-order valence-corrected chi connectivity index (χ1v) is 11.1. The average Bonchev–Trinajstić information content (AvgIpc) is 3.42. The summed E-state index contributed by atoms with van der Waals surface area (Å²) in [5, 5.41) is 6.84. The lowest BCUT2D eigenvalue weighted by atomic mass is 10.1. The number of halogens is 1. The van der Waals surface area contributed by atoms with Gasteiger partial charge in [0, 0.05) is 27.6 Å². The molecule has 0 radical (unpaired) electrons. The summed E-state index contributed by atoms with van der Waals surface area (Å²) in [5.41, 5.74) is 3.63. The van der Waals surface area contributed by atoms with Crippen molar-refractivity contribution in [1.29, 1.82) is 0 Å². The normalized spacial score (nSPS) is 10.7. The highest BCUT2D eigenvalue weighted by Crippen LogP contribution is 2.28. The Morgan fingerprint density at radius 3 is 2.59 bits per heavy atom. The molecule has 6 nitrogen and oxygen atoms in total. The van der Waals surface area contributed by atoms with Crippen LogP contribution >= 0.6 is 22.9 Å². The van der Waals surface area contributed by atoms with Gasteiger partial charge >= 0.3 is 0 Å². The smallest absolute Gasteiger partial charge is 0.291 e. The topological polar surface area (TPSA) is 84.2 Å². The predicted octanol–water partition coefficient (Wildman–Crippen LogP) is 6.10. The maximum absolute atomic E-state index is 12.8. The second-order valence-electron chi connectivity index (χ2n) is 7.21. The van der Waals surface area contributed by atoms with Crippen LogP contribution in [0.15, 0.2) is 65.3 Å². The van der Waals surface area contributed by atoms with Gasteiger partial charge in [-0.2, -0.15) is 0 Å². The fourth-order valence-corrected chi connectivity index (χ4v) is 4.30. The van der Waals surface area contributed by atoms with Gasteiger partial charge in [0.25, 0.3) is 11.8 Å². The van der Waals surface area contributed by atoms with Gasteiger partial charge in [-0.05, 0) is 55.3 Å². The van der Waals surface area contributed by atoms with Gasteiger partial charge in [-0.15, -0.1) is 11.3 Å². The number of nitrogens with one attached hydrogen (secondary N) is 2. The highest BCUT2D eigenvalue weighted by molar-refractivity contribution is 7.15. The monoisotopic (exact) mass is 465 g/mol. The van der Waals surface area contributed by atoms with Crippen LogP contribution in [-0.2, 0) is 6.42 Å². The third-order valence-corrected chi connectivity index (χ3v) is 6.36. The van der Waals surface area contributed by atoms with E-state index in [1.807, 2.05) is 38.1 Å². The summed E-state index contributed by atoms with van der Waals surface area (Å²) < 4.78 is 5.12. The van der Waals surface area contributed by atoms with Crippen LogP contribution in [0, 0.1) is 13.8 Å². The van der Waals surface area contributed by atoms with E-state index >= 15 is 0 Å². The molecular weight excluding hydrogens is 446 g/mol. The molecule has 0 aliphatic rings. The minimum atomic E-state index is -0.379. The number of furan rings is 1. The van der Waals surface area contributed by atoms with E-state index in [1.54, 1.807) is 30.3 Å². The highest BCUT2D eigenvalue weighted by atomic mass is 35.5. The van der Waals surface area contributed by atoms with Crippen LogP contribution in [0.2, 0.25) is 5.02 Å². The van der Waals surface area contributed by atoms with Gasteiger partial charge < -0.3 is 9.73 Å². The second-order valence-corrected chi connectivity index (χ2v) is 8.70. The van der Waals surface area contributed by atoms with Crippen LogP contribution < -0.4 is 10.6 Å². The third-order valence-electron chi connectivity index (χ3n) is 4.91. The number of hydrogen-bond acceptors (Lipinski definition) is 5. The molecule has 0 saturated heterocycles. The zero-order valence-corrected chi connectivity index (χ0v) is 19.0. The van der Waals surface area contributed by atoms with Gasteiger partial charge in [0.05, 0.1) is 12.0 Å². The fraction of sp³-hybridized carbons (Fsp3) is 0.125. The lowest BCUT2D eigenvalue weighted by Crippen LogP contribution is -2.15. The van der Waals surface area contributed by atoms with E-state index < -0.39 is 0 Å². The van der Waals surface area contributed by atoms with Crippen molar-refractivity contribution in [3.05, 3.63) is 98.9 Å². The maximum Gasteiger partial charge on any atom is 0.291 e. The second kappa shape index (κ2) is 9.38. The van der Waals surface area contributed by atoms with Gasteiger partial charge in [0.15, 0.2) is 10.9 Å².